The Hall–Kier alpha value is -2.69. The Kier molecular flexibility index (Phi) is 2.98. The minimum atomic E-state index is -4.38. The third-order valence-corrected chi connectivity index (χ3v) is 4.03. The lowest BCUT2D eigenvalue weighted by atomic mass is 9.92. The monoisotopic (exact) mass is 312 g/mol. The lowest BCUT2D eigenvalue weighted by Gasteiger charge is -2.14. The molecule has 2 heterocycles. The van der Waals surface area contributed by atoms with Crippen molar-refractivity contribution in [3.63, 3.8) is 0 Å². The van der Waals surface area contributed by atoms with Crippen molar-refractivity contribution in [1.29, 1.82) is 0 Å². The molecule has 0 bridgehead atoms. The van der Waals surface area contributed by atoms with Gasteiger partial charge in [-0.25, -0.2) is 0 Å². The summed E-state index contributed by atoms with van der Waals surface area (Å²) in [6.45, 7) is 0.282. The highest BCUT2D eigenvalue weighted by atomic mass is 19.4. The van der Waals surface area contributed by atoms with Crippen molar-refractivity contribution < 1.29 is 13.2 Å². The van der Waals surface area contributed by atoms with Crippen LogP contribution in [0.2, 0.25) is 0 Å². The number of alkyl halides is 3. The van der Waals surface area contributed by atoms with Crippen molar-refractivity contribution in [2.24, 2.45) is 4.99 Å². The van der Waals surface area contributed by atoms with Crippen LogP contribution in [0.1, 0.15) is 16.7 Å². The standard InChI is InChI=1S/C18H11F3N2/c19-18(20,21)13-5-12-8-23-9-16(12)15(6-13)17-10-22-7-11-3-1-2-4-14(11)17/h1-7,9-10H,8H2. The van der Waals surface area contributed by atoms with Crippen LogP contribution in [-0.4, -0.2) is 11.2 Å². The van der Waals surface area contributed by atoms with Gasteiger partial charge < -0.3 is 0 Å². The van der Waals surface area contributed by atoms with Crippen LogP contribution in [0.5, 0.6) is 0 Å². The zero-order valence-electron chi connectivity index (χ0n) is 11.9. The maximum absolute atomic E-state index is 13.2. The molecule has 1 aliphatic heterocycles. The summed E-state index contributed by atoms with van der Waals surface area (Å²) >= 11 is 0. The first-order chi connectivity index (χ1) is 11.0. The van der Waals surface area contributed by atoms with Gasteiger partial charge in [-0.05, 0) is 28.6 Å². The van der Waals surface area contributed by atoms with E-state index in [4.69, 9.17) is 0 Å². The summed E-state index contributed by atoms with van der Waals surface area (Å²) < 4.78 is 39.6. The quantitative estimate of drug-likeness (QED) is 0.630. The molecule has 0 saturated carbocycles. The van der Waals surface area contributed by atoms with E-state index in [1.165, 1.54) is 12.1 Å². The third kappa shape index (κ3) is 2.29. The van der Waals surface area contributed by atoms with Crippen LogP contribution in [0.3, 0.4) is 0 Å². The lowest BCUT2D eigenvalue weighted by molar-refractivity contribution is -0.137. The SMILES string of the molecule is FC(F)(F)c1cc2c(c(-c3cncc4ccccc34)c1)C=NC2. The van der Waals surface area contributed by atoms with Gasteiger partial charge in [-0.1, -0.05) is 24.3 Å². The van der Waals surface area contributed by atoms with Gasteiger partial charge in [-0.15, -0.1) is 0 Å². The summed E-state index contributed by atoms with van der Waals surface area (Å²) in [6, 6.07) is 9.92. The topological polar surface area (TPSA) is 25.2 Å². The van der Waals surface area contributed by atoms with Gasteiger partial charge in [0.25, 0.3) is 0 Å². The van der Waals surface area contributed by atoms with Gasteiger partial charge in [0.15, 0.2) is 0 Å². The normalized spacial score (nSPS) is 13.5. The van der Waals surface area contributed by atoms with Crippen LogP contribution in [0.25, 0.3) is 21.9 Å². The van der Waals surface area contributed by atoms with Crippen molar-refractivity contribution in [3.05, 3.63) is 65.5 Å². The molecule has 0 amide bonds. The molecule has 1 aliphatic rings. The molecule has 0 radical (unpaired) electrons. The van der Waals surface area contributed by atoms with Gasteiger partial charge in [0.05, 0.1) is 12.1 Å². The fraction of sp³-hybridized carbons (Fsp3) is 0.111. The largest absolute Gasteiger partial charge is 0.416 e. The Morgan fingerprint density at radius 1 is 0.957 bits per heavy atom. The molecular weight excluding hydrogens is 301 g/mol. The van der Waals surface area contributed by atoms with Crippen LogP contribution in [0.15, 0.2) is 53.8 Å². The number of aliphatic imine (C=N–C) groups is 1. The van der Waals surface area contributed by atoms with Crippen LogP contribution in [-0.2, 0) is 12.7 Å². The van der Waals surface area contributed by atoms with E-state index in [0.29, 0.717) is 16.7 Å². The molecule has 0 atom stereocenters. The number of benzene rings is 2. The van der Waals surface area contributed by atoms with Crippen molar-refractivity contribution in [2.75, 3.05) is 0 Å². The molecule has 2 nitrogen and oxygen atoms in total. The highest BCUT2D eigenvalue weighted by molar-refractivity contribution is 6.02. The molecule has 3 aromatic rings. The van der Waals surface area contributed by atoms with Gasteiger partial charge in [0.2, 0.25) is 0 Å². The molecule has 0 N–H and O–H groups in total. The number of halogens is 3. The van der Waals surface area contributed by atoms with Gasteiger partial charge in [0, 0.05) is 35.1 Å². The number of nitrogens with zero attached hydrogens (tertiary/aromatic N) is 2. The summed E-state index contributed by atoms with van der Waals surface area (Å²) in [5.41, 5.74) is 1.92. The molecular formula is C18H11F3N2. The summed E-state index contributed by atoms with van der Waals surface area (Å²) in [7, 11) is 0. The first-order valence-electron chi connectivity index (χ1n) is 7.11. The van der Waals surface area contributed by atoms with Crippen molar-refractivity contribution in [3.8, 4) is 11.1 Å². The predicted octanol–water partition coefficient (Wildman–Crippen LogP) is 4.85. The summed E-state index contributed by atoms with van der Waals surface area (Å²) in [6.07, 6.45) is 0.585. The second-order valence-corrected chi connectivity index (χ2v) is 5.47. The Morgan fingerprint density at radius 3 is 2.61 bits per heavy atom. The average molecular weight is 312 g/mol. The number of fused-ring (bicyclic) bond motifs is 2. The van der Waals surface area contributed by atoms with Crippen LogP contribution < -0.4 is 0 Å². The summed E-state index contributed by atoms with van der Waals surface area (Å²) in [5.74, 6) is 0. The average Bonchev–Trinajstić information content (AvgIpc) is 3.01. The van der Waals surface area contributed by atoms with Gasteiger partial charge in [-0.2, -0.15) is 13.2 Å². The fourth-order valence-electron chi connectivity index (χ4n) is 2.95. The van der Waals surface area contributed by atoms with Crippen molar-refractivity contribution in [1.82, 2.24) is 4.98 Å². The smallest absolute Gasteiger partial charge is 0.288 e. The molecule has 4 rings (SSSR count). The van der Waals surface area contributed by atoms with Gasteiger partial charge >= 0.3 is 6.18 Å². The Morgan fingerprint density at radius 2 is 1.78 bits per heavy atom. The minimum Gasteiger partial charge on any atom is -0.288 e. The van der Waals surface area contributed by atoms with E-state index >= 15 is 0 Å². The first-order valence-corrected chi connectivity index (χ1v) is 7.11. The van der Waals surface area contributed by atoms with E-state index < -0.39 is 11.7 Å². The van der Waals surface area contributed by atoms with E-state index in [-0.39, 0.29) is 6.54 Å². The van der Waals surface area contributed by atoms with E-state index in [1.807, 2.05) is 24.3 Å². The Labute approximate surface area is 130 Å². The molecule has 0 unspecified atom stereocenters. The fourth-order valence-corrected chi connectivity index (χ4v) is 2.95. The lowest BCUT2D eigenvalue weighted by Crippen LogP contribution is -2.07. The highest BCUT2D eigenvalue weighted by Crippen LogP contribution is 2.38. The summed E-state index contributed by atoms with van der Waals surface area (Å²) in [5, 5.41) is 1.77. The van der Waals surface area contributed by atoms with E-state index in [1.54, 1.807) is 18.6 Å². The van der Waals surface area contributed by atoms with E-state index in [9.17, 15) is 13.2 Å². The summed E-state index contributed by atoms with van der Waals surface area (Å²) in [4.78, 5) is 8.31. The van der Waals surface area contributed by atoms with Crippen molar-refractivity contribution >= 4 is 17.0 Å². The molecule has 0 aliphatic carbocycles. The van der Waals surface area contributed by atoms with Crippen LogP contribution in [0, 0.1) is 0 Å². The Balaban J connectivity index is 2.05. The second-order valence-electron chi connectivity index (χ2n) is 5.47. The van der Waals surface area contributed by atoms with E-state index in [0.717, 1.165) is 16.3 Å². The zero-order valence-corrected chi connectivity index (χ0v) is 11.9. The van der Waals surface area contributed by atoms with Gasteiger partial charge in [0.1, 0.15) is 0 Å². The van der Waals surface area contributed by atoms with Crippen LogP contribution in [0.4, 0.5) is 13.2 Å². The molecule has 0 saturated heterocycles. The Bertz CT molecular complexity index is 937. The number of rotatable bonds is 1. The molecule has 5 heteroatoms. The van der Waals surface area contributed by atoms with E-state index in [2.05, 4.69) is 9.98 Å². The molecule has 23 heavy (non-hydrogen) atoms. The van der Waals surface area contributed by atoms with Crippen molar-refractivity contribution in [2.45, 2.75) is 12.7 Å². The maximum atomic E-state index is 13.2. The predicted molar refractivity (Wildman–Crippen MR) is 83.5 cm³/mol. The highest BCUT2D eigenvalue weighted by Gasteiger charge is 2.32. The number of aromatic nitrogens is 1. The number of hydrogen-bond donors (Lipinski definition) is 0. The maximum Gasteiger partial charge on any atom is 0.416 e. The molecule has 2 aromatic carbocycles. The van der Waals surface area contributed by atoms with Crippen LogP contribution >= 0.6 is 0 Å². The number of pyridine rings is 1. The second kappa shape index (κ2) is 4.91. The molecule has 0 spiro atoms. The molecule has 0 fully saturated rings. The number of hydrogen-bond acceptors (Lipinski definition) is 2. The first kappa shape index (κ1) is 13.9. The zero-order chi connectivity index (χ0) is 16.0. The minimum absolute atomic E-state index is 0.282. The van der Waals surface area contributed by atoms with Gasteiger partial charge in [-0.3, -0.25) is 9.98 Å². The molecule has 1 aromatic heterocycles. The molecule has 114 valence electrons. The third-order valence-electron chi connectivity index (χ3n) is 4.03.